The molecule has 2 heterocycles. The zero-order valence-electron chi connectivity index (χ0n) is 22.0. The summed E-state index contributed by atoms with van der Waals surface area (Å²) in [6.45, 7) is 7.25. The summed E-state index contributed by atoms with van der Waals surface area (Å²) in [5.41, 5.74) is 3.79. The molecular weight excluding hydrogens is 487 g/mol. The summed E-state index contributed by atoms with van der Waals surface area (Å²) >= 11 is 0. The van der Waals surface area contributed by atoms with Crippen molar-refractivity contribution in [1.29, 1.82) is 0 Å². The van der Waals surface area contributed by atoms with Crippen LogP contribution in [0.15, 0.2) is 53.3 Å². The van der Waals surface area contributed by atoms with Gasteiger partial charge in [-0.3, -0.25) is 14.4 Å². The number of benzene rings is 2. The molecule has 0 bridgehead atoms. The van der Waals surface area contributed by atoms with E-state index in [9.17, 15) is 23.9 Å². The first kappa shape index (κ1) is 27.2. The molecule has 2 amide bonds. The number of aromatic amines is 1. The number of H-pyrrole nitrogens is 1. The highest BCUT2D eigenvalue weighted by atomic mass is 19.1. The second-order valence-electron chi connectivity index (χ2n) is 10.3. The van der Waals surface area contributed by atoms with Gasteiger partial charge in [0.1, 0.15) is 5.82 Å². The minimum atomic E-state index is -0.755. The van der Waals surface area contributed by atoms with Crippen LogP contribution in [-0.4, -0.2) is 50.7 Å². The zero-order chi connectivity index (χ0) is 27.6. The van der Waals surface area contributed by atoms with Crippen LogP contribution in [0.25, 0.3) is 0 Å². The fraction of sp³-hybridized carbons (Fsp3) is 0.379. The first-order chi connectivity index (χ1) is 18.0. The van der Waals surface area contributed by atoms with Crippen molar-refractivity contribution in [2.75, 3.05) is 6.54 Å². The molecule has 3 aromatic rings. The molecule has 0 unspecified atom stereocenters. The molecule has 8 nitrogen and oxygen atoms in total. The van der Waals surface area contributed by atoms with Crippen molar-refractivity contribution in [3.8, 4) is 0 Å². The Morgan fingerprint density at radius 3 is 2.61 bits per heavy atom. The minimum absolute atomic E-state index is 0.0326. The lowest BCUT2D eigenvalue weighted by Crippen LogP contribution is -2.47. The molecule has 3 N–H and O–H groups in total. The normalized spacial score (nSPS) is 19.1. The number of likely N-dealkylation sites (tertiary alicyclic amines) is 1. The summed E-state index contributed by atoms with van der Waals surface area (Å²) < 4.78 is 13.9. The Kier molecular flexibility index (Phi) is 8.06. The largest absolute Gasteiger partial charge is 0.391 e. The molecule has 2 aromatic carbocycles. The Hall–Kier alpha value is -3.85. The summed E-state index contributed by atoms with van der Waals surface area (Å²) in [6.07, 6.45) is -0.0539. The molecule has 200 valence electrons. The number of carbonyl (C=O) groups is 2. The topological polar surface area (TPSA) is 115 Å². The third-order valence-electron chi connectivity index (χ3n) is 7.11. The van der Waals surface area contributed by atoms with Gasteiger partial charge in [-0.05, 0) is 73.2 Å². The van der Waals surface area contributed by atoms with E-state index in [1.807, 2.05) is 20.8 Å². The monoisotopic (exact) mass is 520 g/mol. The van der Waals surface area contributed by atoms with Crippen molar-refractivity contribution >= 4 is 11.8 Å². The maximum Gasteiger partial charge on any atom is 0.267 e. The van der Waals surface area contributed by atoms with Gasteiger partial charge in [0, 0.05) is 17.5 Å². The fourth-order valence-corrected chi connectivity index (χ4v) is 5.27. The highest BCUT2D eigenvalue weighted by molar-refractivity contribution is 5.96. The third kappa shape index (κ3) is 5.83. The van der Waals surface area contributed by atoms with Crippen molar-refractivity contribution in [1.82, 2.24) is 20.4 Å². The van der Waals surface area contributed by atoms with Crippen LogP contribution in [0.5, 0.6) is 0 Å². The van der Waals surface area contributed by atoms with Crippen LogP contribution in [0.1, 0.15) is 64.6 Å². The summed E-state index contributed by atoms with van der Waals surface area (Å²) in [6, 6.07) is 12.0. The predicted octanol–water partition coefficient (Wildman–Crippen LogP) is 3.21. The lowest BCUT2D eigenvalue weighted by atomic mass is 9.99. The van der Waals surface area contributed by atoms with Crippen molar-refractivity contribution in [2.45, 2.75) is 58.7 Å². The van der Waals surface area contributed by atoms with Gasteiger partial charge in [0.15, 0.2) is 0 Å². The van der Waals surface area contributed by atoms with E-state index in [1.54, 1.807) is 48.2 Å². The SMILES string of the molecule is Cc1cc(Cc2ccc(C(=O)NCC(=O)N3[C@H](c4cccc(F)c4)C[C@H](O)[C@@H]3C(C)C)cc2C)c(=O)[nH]n1. The molecule has 1 saturated heterocycles. The Bertz CT molecular complexity index is 1400. The molecule has 3 atom stereocenters. The van der Waals surface area contributed by atoms with Gasteiger partial charge in [0.2, 0.25) is 5.91 Å². The first-order valence-electron chi connectivity index (χ1n) is 12.7. The van der Waals surface area contributed by atoms with E-state index < -0.39 is 29.9 Å². The van der Waals surface area contributed by atoms with Gasteiger partial charge in [-0.25, -0.2) is 9.49 Å². The van der Waals surface area contributed by atoms with Crippen LogP contribution in [0.3, 0.4) is 0 Å². The number of nitrogens with one attached hydrogen (secondary N) is 2. The minimum Gasteiger partial charge on any atom is -0.391 e. The Labute approximate surface area is 220 Å². The van der Waals surface area contributed by atoms with E-state index in [4.69, 9.17) is 0 Å². The van der Waals surface area contributed by atoms with Gasteiger partial charge in [0.05, 0.1) is 30.4 Å². The van der Waals surface area contributed by atoms with E-state index in [0.29, 0.717) is 35.2 Å². The van der Waals surface area contributed by atoms with Crippen molar-refractivity contribution in [3.05, 3.63) is 98.2 Å². The molecule has 1 aromatic heterocycles. The van der Waals surface area contributed by atoms with Crippen LogP contribution in [0, 0.1) is 25.6 Å². The molecule has 4 rings (SSSR count). The highest BCUT2D eigenvalue weighted by Crippen LogP contribution is 2.39. The number of nitrogens with zero attached hydrogens (tertiary/aromatic N) is 2. The van der Waals surface area contributed by atoms with Crippen LogP contribution in [0.4, 0.5) is 4.39 Å². The van der Waals surface area contributed by atoms with Gasteiger partial charge in [-0.1, -0.05) is 32.0 Å². The van der Waals surface area contributed by atoms with Crippen molar-refractivity contribution in [3.63, 3.8) is 0 Å². The van der Waals surface area contributed by atoms with Crippen LogP contribution in [-0.2, 0) is 11.2 Å². The molecule has 0 radical (unpaired) electrons. The zero-order valence-corrected chi connectivity index (χ0v) is 22.0. The number of aromatic nitrogens is 2. The van der Waals surface area contributed by atoms with Crippen molar-refractivity contribution < 1.29 is 19.1 Å². The van der Waals surface area contributed by atoms with Gasteiger partial charge in [-0.15, -0.1) is 0 Å². The maximum atomic E-state index is 13.9. The van der Waals surface area contributed by atoms with Crippen LogP contribution >= 0.6 is 0 Å². The molecule has 1 aliphatic rings. The number of carbonyl (C=O) groups excluding carboxylic acids is 2. The average Bonchev–Trinajstić information content (AvgIpc) is 3.23. The molecule has 1 fully saturated rings. The number of hydrogen-bond acceptors (Lipinski definition) is 5. The number of aliphatic hydroxyl groups is 1. The number of amides is 2. The Morgan fingerprint density at radius 2 is 1.92 bits per heavy atom. The van der Waals surface area contributed by atoms with Gasteiger partial charge >= 0.3 is 0 Å². The lowest BCUT2D eigenvalue weighted by Gasteiger charge is -2.33. The summed E-state index contributed by atoms with van der Waals surface area (Å²) in [4.78, 5) is 40.0. The summed E-state index contributed by atoms with van der Waals surface area (Å²) in [5.74, 6) is -1.19. The number of halogens is 1. The highest BCUT2D eigenvalue weighted by Gasteiger charge is 2.45. The molecule has 0 saturated carbocycles. The second-order valence-corrected chi connectivity index (χ2v) is 10.3. The summed E-state index contributed by atoms with van der Waals surface area (Å²) in [7, 11) is 0. The standard InChI is InChI=1S/C29H33FN4O4/c1-16(2)27-25(35)14-24(20-6-5-7-23(30)13-20)34(27)26(36)15-31-28(37)21-9-8-19(17(3)10-21)12-22-11-18(4)32-33-29(22)38/h5-11,13,16,24-25,27,35H,12,14-15H2,1-4H3,(H,31,37)(H,33,38)/t24-,25-,27-/m0/s1. The molecule has 9 heteroatoms. The Balaban J connectivity index is 1.47. The lowest BCUT2D eigenvalue weighted by molar-refractivity contribution is -0.135. The number of rotatable bonds is 7. The number of aliphatic hydroxyl groups excluding tert-OH is 1. The fourth-order valence-electron chi connectivity index (χ4n) is 5.27. The number of hydrogen-bond donors (Lipinski definition) is 3. The average molecular weight is 521 g/mol. The van der Waals surface area contributed by atoms with Crippen molar-refractivity contribution in [2.24, 2.45) is 5.92 Å². The van der Waals surface area contributed by atoms with E-state index >= 15 is 0 Å². The van der Waals surface area contributed by atoms with Crippen LogP contribution in [0.2, 0.25) is 0 Å². The Morgan fingerprint density at radius 1 is 1.16 bits per heavy atom. The van der Waals surface area contributed by atoms with Crippen LogP contribution < -0.4 is 10.9 Å². The predicted molar refractivity (Wildman–Crippen MR) is 141 cm³/mol. The number of aryl methyl sites for hydroxylation is 2. The van der Waals surface area contributed by atoms with E-state index in [1.165, 1.54) is 12.1 Å². The van der Waals surface area contributed by atoms with Gasteiger partial charge in [-0.2, -0.15) is 5.10 Å². The maximum absolute atomic E-state index is 13.9. The third-order valence-corrected chi connectivity index (χ3v) is 7.11. The van der Waals surface area contributed by atoms with E-state index in [2.05, 4.69) is 15.5 Å². The molecule has 0 aliphatic carbocycles. The van der Waals surface area contributed by atoms with Gasteiger partial charge in [0.25, 0.3) is 11.5 Å². The van der Waals surface area contributed by atoms with Gasteiger partial charge < -0.3 is 15.3 Å². The quantitative estimate of drug-likeness (QED) is 0.443. The van der Waals surface area contributed by atoms with E-state index in [0.717, 1.165) is 11.1 Å². The molecule has 38 heavy (non-hydrogen) atoms. The molecular formula is C29H33FN4O4. The first-order valence-corrected chi connectivity index (χ1v) is 12.7. The smallest absolute Gasteiger partial charge is 0.267 e. The second kappa shape index (κ2) is 11.3. The molecule has 1 aliphatic heterocycles. The molecule has 0 spiro atoms. The van der Waals surface area contributed by atoms with E-state index in [-0.39, 0.29) is 23.9 Å². The summed E-state index contributed by atoms with van der Waals surface area (Å²) in [5, 5.41) is 19.8.